The number of halogens is 4. The number of benzene rings is 3. The van der Waals surface area contributed by atoms with Crippen molar-refractivity contribution in [3.8, 4) is 5.75 Å². The number of anilines is 1. The van der Waals surface area contributed by atoms with Gasteiger partial charge in [0.2, 0.25) is 0 Å². The molecule has 0 aliphatic carbocycles. The van der Waals surface area contributed by atoms with Crippen LogP contribution in [-0.2, 0) is 21.0 Å². The van der Waals surface area contributed by atoms with Crippen molar-refractivity contribution in [2.24, 2.45) is 5.10 Å². The Morgan fingerprint density at radius 1 is 1.08 bits per heavy atom. The lowest BCUT2D eigenvalue weighted by Crippen LogP contribution is -2.40. The predicted molar refractivity (Wildman–Crippen MR) is 135 cm³/mol. The van der Waals surface area contributed by atoms with E-state index in [-0.39, 0.29) is 16.0 Å². The summed E-state index contributed by atoms with van der Waals surface area (Å²) >= 11 is 6.10. The zero-order chi connectivity index (χ0) is 27.2. The summed E-state index contributed by atoms with van der Waals surface area (Å²) in [5.74, 6) is -0.250. The second kappa shape index (κ2) is 11.7. The molecule has 0 aromatic heterocycles. The van der Waals surface area contributed by atoms with E-state index in [2.05, 4.69) is 10.5 Å². The van der Waals surface area contributed by atoms with Gasteiger partial charge in [-0.3, -0.25) is 9.10 Å². The van der Waals surface area contributed by atoms with Crippen molar-refractivity contribution >= 4 is 39.4 Å². The third kappa shape index (κ3) is 7.46. The third-order valence-corrected chi connectivity index (χ3v) is 6.91. The monoisotopic (exact) mass is 553 g/mol. The Labute approximate surface area is 217 Å². The number of ether oxygens (including phenoxy) is 1. The predicted octanol–water partition coefficient (Wildman–Crippen LogP) is 5.49. The van der Waals surface area contributed by atoms with Gasteiger partial charge < -0.3 is 4.74 Å². The topological polar surface area (TPSA) is 88.1 Å². The number of nitrogens with one attached hydrogen (secondary N) is 1. The van der Waals surface area contributed by atoms with Crippen LogP contribution in [0.1, 0.15) is 25.0 Å². The third-order valence-electron chi connectivity index (χ3n) is 4.82. The van der Waals surface area contributed by atoms with Crippen LogP contribution in [-0.4, -0.2) is 33.2 Å². The molecule has 3 aromatic rings. The summed E-state index contributed by atoms with van der Waals surface area (Å²) in [6, 6.07) is 16.0. The summed E-state index contributed by atoms with van der Waals surface area (Å²) in [6.07, 6.45) is -3.44. The lowest BCUT2D eigenvalue weighted by Gasteiger charge is -2.25. The van der Waals surface area contributed by atoms with Crippen LogP contribution in [0.4, 0.5) is 18.9 Å². The lowest BCUT2D eigenvalue weighted by atomic mass is 10.2. The summed E-state index contributed by atoms with van der Waals surface area (Å²) in [5, 5.41) is 3.53. The molecule has 0 unspecified atom stereocenters. The van der Waals surface area contributed by atoms with Crippen molar-refractivity contribution in [1.29, 1.82) is 0 Å². The molecule has 3 rings (SSSR count). The van der Waals surface area contributed by atoms with Gasteiger partial charge in [0.25, 0.3) is 15.9 Å². The van der Waals surface area contributed by atoms with Gasteiger partial charge in [-0.2, -0.15) is 18.3 Å². The highest BCUT2D eigenvalue weighted by Gasteiger charge is 2.34. The van der Waals surface area contributed by atoms with Crippen LogP contribution in [0, 0.1) is 0 Å². The number of hydrogen-bond donors (Lipinski definition) is 1. The van der Waals surface area contributed by atoms with Crippen LogP contribution in [0.2, 0.25) is 5.02 Å². The molecule has 7 nitrogen and oxygen atoms in total. The summed E-state index contributed by atoms with van der Waals surface area (Å²) in [6.45, 7) is 2.90. The molecule has 0 radical (unpaired) electrons. The van der Waals surface area contributed by atoms with E-state index in [0.717, 1.165) is 12.1 Å². The van der Waals surface area contributed by atoms with Gasteiger partial charge in [0.1, 0.15) is 12.3 Å². The number of alkyl halides is 3. The minimum Gasteiger partial charge on any atom is -0.491 e. The Balaban J connectivity index is 1.87. The summed E-state index contributed by atoms with van der Waals surface area (Å²) in [5.41, 5.74) is 1.19. The smallest absolute Gasteiger partial charge is 0.416 e. The fraction of sp³-hybridized carbons (Fsp3) is 0.200. The van der Waals surface area contributed by atoms with Gasteiger partial charge in [-0.25, -0.2) is 13.8 Å². The molecule has 0 spiro atoms. The molecule has 0 aliphatic heterocycles. The number of sulfonamides is 1. The van der Waals surface area contributed by atoms with E-state index in [1.807, 2.05) is 13.8 Å². The standard InChI is InChI=1S/C25H23ClF3N3O4S/c1-17(2)36-20-11-8-18(9-12-20)15-30-31-24(33)16-32(37(34,35)21-6-4-3-5-7-21)23-14-19(25(27,28)29)10-13-22(23)26/h3-15,17H,16H2,1-2H3,(H,31,33)/b30-15-. The molecule has 0 saturated heterocycles. The normalized spacial score (nSPS) is 12.1. The molecule has 0 fully saturated rings. The number of amides is 1. The van der Waals surface area contributed by atoms with E-state index in [0.29, 0.717) is 21.7 Å². The molecular formula is C25H23ClF3N3O4S. The quantitative estimate of drug-likeness (QED) is 0.280. The van der Waals surface area contributed by atoms with Crippen molar-refractivity contribution in [1.82, 2.24) is 5.43 Å². The zero-order valence-corrected chi connectivity index (χ0v) is 21.3. The minimum absolute atomic E-state index is 0.000699. The highest BCUT2D eigenvalue weighted by molar-refractivity contribution is 7.92. The van der Waals surface area contributed by atoms with Crippen LogP contribution < -0.4 is 14.5 Å². The Kier molecular flexibility index (Phi) is 8.82. The maximum Gasteiger partial charge on any atom is 0.416 e. The molecule has 1 N–H and O–H groups in total. The molecule has 0 bridgehead atoms. The largest absolute Gasteiger partial charge is 0.491 e. The first-order valence-electron chi connectivity index (χ1n) is 10.9. The Bertz CT molecular complexity index is 1360. The fourth-order valence-corrected chi connectivity index (χ4v) is 4.87. The highest BCUT2D eigenvalue weighted by Crippen LogP contribution is 2.37. The lowest BCUT2D eigenvalue weighted by molar-refractivity contribution is -0.137. The molecule has 0 heterocycles. The second-order valence-corrected chi connectivity index (χ2v) is 10.3. The number of carbonyl (C=O) groups excluding carboxylic acids is 1. The van der Waals surface area contributed by atoms with Gasteiger partial charge in [-0.1, -0.05) is 29.8 Å². The van der Waals surface area contributed by atoms with E-state index in [1.54, 1.807) is 30.3 Å². The van der Waals surface area contributed by atoms with E-state index >= 15 is 0 Å². The number of nitrogens with zero attached hydrogens (tertiary/aromatic N) is 2. The first-order valence-corrected chi connectivity index (χ1v) is 12.7. The summed E-state index contributed by atoms with van der Waals surface area (Å²) in [4.78, 5) is 12.4. The van der Waals surface area contributed by atoms with E-state index in [9.17, 15) is 26.4 Å². The second-order valence-electron chi connectivity index (χ2n) is 8.02. The molecule has 3 aromatic carbocycles. The van der Waals surface area contributed by atoms with Crippen molar-refractivity contribution in [3.63, 3.8) is 0 Å². The summed E-state index contributed by atoms with van der Waals surface area (Å²) in [7, 11) is -4.47. The average molecular weight is 554 g/mol. The van der Waals surface area contributed by atoms with E-state index < -0.39 is 39.9 Å². The Hall–Kier alpha value is -3.57. The zero-order valence-electron chi connectivity index (χ0n) is 19.7. The molecule has 1 amide bonds. The average Bonchev–Trinajstić information content (AvgIpc) is 2.83. The SMILES string of the molecule is CC(C)Oc1ccc(/C=N\NC(=O)CN(c2cc(C(F)(F)F)ccc2Cl)S(=O)(=O)c2ccccc2)cc1. The van der Waals surface area contributed by atoms with E-state index in [1.165, 1.54) is 30.5 Å². The molecular weight excluding hydrogens is 531 g/mol. The van der Waals surface area contributed by atoms with E-state index in [4.69, 9.17) is 16.3 Å². The Morgan fingerprint density at radius 2 is 1.73 bits per heavy atom. The van der Waals surface area contributed by atoms with Crippen molar-refractivity contribution < 1.29 is 31.1 Å². The van der Waals surface area contributed by atoms with Gasteiger partial charge in [-0.05, 0) is 74.0 Å². The number of hydrogen-bond acceptors (Lipinski definition) is 5. The first kappa shape index (κ1) is 28.0. The van der Waals surface area contributed by atoms with Gasteiger partial charge >= 0.3 is 6.18 Å². The van der Waals surface area contributed by atoms with Crippen molar-refractivity contribution in [2.45, 2.75) is 31.0 Å². The molecule has 12 heteroatoms. The molecule has 0 saturated carbocycles. The van der Waals surface area contributed by atoms with Gasteiger partial charge in [0.05, 0.1) is 33.5 Å². The van der Waals surface area contributed by atoms with Crippen molar-refractivity contribution in [3.05, 3.63) is 88.9 Å². The Morgan fingerprint density at radius 3 is 2.32 bits per heavy atom. The number of carbonyl (C=O) groups is 1. The van der Waals surface area contributed by atoms with Crippen LogP contribution in [0.5, 0.6) is 5.75 Å². The molecule has 0 aliphatic rings. The maximum atomic E-state index is 13.3. The first-order chi connectivity index (χ1) is 17.4. The van der Waals surface area contributed by atoms with Gasteiger partial charge in [0.15, 0.2) is 0 Å². The minimum atomic E-state index is -4.76. The van der Waals surface area contributed by atoms with Crippen molar-refractivity contribution in [2.75, 3.05) is 10.8 Å². The number of rotatable bonds is 9. The molecule has 37 heavy (non-hydrogen) atoms. The highest BCUT2D eigenvalue weighted by atomic mass is 35.5. The fourth-order valence-electron chi connectivity index (χ4n) is 3.15. The van der Waals surface area contributed by atoms with Crippen LogP contribution >= 0.6 is 11.6 Å². The molecule has 0 atom stereocenters. The van der Waals surface area contributed by atoms with Crippen LogP contribution in [0.25, 0.3) is 0 Å². The maximum absolute atomic E-state index is 13.3. The van der Waals surface area contributed by atoms with Crippen LogP contribution in [0.3, 0.4) is 0 Å². The van der Waals surface area contributed by atoms with Gasteiger partial charge in [-0.15, -0.1) is 0 Å². The van der Waals surface area contributed by atoms with Gasteiger partial charge in [0, 0.05) is 0 Å². The number of hydrazone groups is 1. The van der Waals surface area contributed by atoms with Crippen LogP contribution in [0.15, 0.2) is 82.8 Å². The molecule has 196 valence electrons. The summed E-state index contributed by atoms with van der Waals surface area (Å²) < 4.78 is 72.8.